The normalized spacial score (nSPS) is 9.67. The summed E-state index contributed by atoms with van der Waals surface area (Å²) >= 11 is 5.95. The minimum Gasteiger partial charge on any atom is -0.243 e. The minimum absolute atomic E-state index is 0.585. The van der Waals surface area contributed by atoms with E-state index >= 15 is 0 Å². The molecule has 0 spiro atoms. The molecule has 2 heterocycles. The van der Waals surface area contributed by atoms with E-state index in [1.54, 1.807) is 11.6 Å². The van der Waals surface area contributed by atoms with Gasteiger partial charge in [0.25, 0.3) is 0 Å². The molecule has 2 aromatic rings. The zero-order valence-electron chi connectivity index (χ0n) is 5.89. The molecule has 0 saturated heterocycles. The van der Waals surface area contributed by atoms with E-state index in [-0.39, 0.29) is 0 Å². The van der Waals surface area contributed by atoms with Gasteiger partial charge in [-0.1, -0.05) is 0 Å². The van der Waals surface area contributed by atoms with Gasteiger partial charge >= 0.3 is 0 Å². The number of aromatic nitrogens is 2. The van der Waals surface area contributed by atoms with Crippen molar-refractivity contribution in [2.75, 3.05) is 0 Å². The highest BCUT2D eigenvalue weighted by Gasteiger charge is 1.97. The Morgan fingerprint density at radius 1 is 1.50 bits per heavy atom. The van der Waals surface area contributed by atoms with Crippen molar-refractivity contribution in [2.24, 2.45) is 4.99 Å². The van der Waals surface area contributed by atoms with Crippen LogP contribution in [0.4, 0.5) is 5.82 Å². The Labute approximate surface area is 77.8 Å². The maximum Gasteiger partial charge on any atom is 0.164 e. The Morgan fingerprint density at radius 2 is 2.42 bits per heavy atom. The van der Waals surface area contributed by atoms with Crippen LogP contribution in [-0.4, -0.2) is 15.1 Å². The van der Waals surface area contributed by atoms with Gasteiger partial charge in [-0.25, -0.2) is 9.97 Å². The molecule has 58 valence electrons. The highest BCUT2D eigenvalue weighted by atomic mass is 32.1. The molecule has 5 heteroatoms. The molecule has 3 nitrogen and oxygen atoms in total. The van der Waals surface area contributed by atoms with Crippen LogP contribution in [0.2, 0.25) is 0 Å². The maximum atomic E-state index is 4.47. The van der Waals surface area contributed by atoms with Crippen LogP contribution in [0.1, 0.15) is 0 Å². The van der Waals surface area contributed by atoms with E-state index < -0.39 is 0 Å². The molecule has 0 bridgehead atoms. The fourth-order valence-electron chi connectivity index (χ4n) is 0.850. The summed E-state index contributed by atoms with van der Waals surface area (Å²) in [5.74, 6) is 0.585. The number of hydrogen-bond donors (Lipinski definition) is 0. The lowest BCUT2D eigenvalue weighted by Crippen LogP contribution is -1.73. The van der Waals surface area contributed by atoms with Crippen LogP contribution < -0.4 is 0 Å². The molecule has 0 radical (unpaired) electrons. The Balaban J connectivity index is 2.67. The quantitative estimate of drug-likeness (QED) is 0.515. The number of aliphatic imine (C=N–C) groups is 1. The van der Waals surface area contributed by atoms with Crippen LogP contribution in [0.3, 0.4) is 0 Å². The molecule has 0 aliphatic heterocycles. The lowest BCUT2D eigenvalue weighted by atomic mass is 10.4. The molecule has 0 N–H and O–H groups in total. The highest BCUT2D eigenvalue weighted by Crippen LogP contribution is 2.18. The first-order chi connectivity index (χ1) is 5.90. The topological polar surface area (TPSA) is 38.1 Å². The Hall–Kier alpha value is -1.16. The zero-order valence-corrected chi connectivity index (χ0v) is 7.52. The molecule has 0 amide bonds. The first kappa shape index (κ1) is 7.49. The van der Waals surface area contributed by atoms with E-state index in [1.807, 2.05) is 6.07 Å². The molecule has 0 atom stereocenters. The number of fused-ring (bicyclic) bond motifs is 1. The van der Waals surface area contributed by atoms with Crippen LogP contribution >= 0.6 is 23.6 Å². The summed E-state index contributed by atoms with van der Waals surface area (Å²) in [4.78, 5) is 12.9. The summed E-state index contributed by atoms with van der Waals surface area (Å²) in [7, 11) is 0. The van der Waals surface area contributed by atoms with E-state index in [4.69, 9.17) is 0 Å². The van der Waals surface area contributed by atoms with Crippen molar-refractivity contribution in [3.63, 3.8) is 0 Å². The summed E-state index contributed by atoms with van der Waals surface area (Å²) < 4.78 is 0. The predicted octanol–water partition coefficient (Wildman–Crippen LogP) is 2.43. The second-order valence-corrected chi connectivity index (χ2v) is 3.06. The van der Waals surface area contributed by atoms with Gasteiger partial charge in [0.2, 0.25) is 0 Å². The molecule has 0 unspecified atom stereocenters. The van der Waals surface area contributed by atoms with E-state index in [0.717, 1.165) is 10.3 Å². The second kappa shape index (κ2) is 3.06. The molecule has 0 aliphatic carbocycles. The molecular formula is C7H3N3S2. The minimum atomic E-state index is 0.585. The number of thiocarbonyl (C=S) groups is 1. The average Bonchev–Trinajstić information content (AvgIpc) is 2.51. The Bertz CT molecular complexity index is 456. The molecule has 12 heavy (non-hydrogen) atoms. The molecule has 0 aliphatic rings. The van der Waals surface area contributed by atoms with Crippen LogP contribution in [-0.2, 0) is 0 Å². The van der Waals surface area contributed by atoms with Crippen LogP contribution in [0, 0.1) is 0 Å². The van der Waals surface area contributed by atoms with Crippen molar-refractivity contribution >= 4 is 44.9 Å². The summed E-state index contributed by atoms with van der Waals surface area (Å²) in [6, 6.07) is 3.63. The number of thiazole rings is 1. The first-order valence-electron chi connectivity index (χ1n) is 3.18. The van der Waals surface area contributed by atoms with Crippen molar-refractivity contribution in [3.05, 3.63) is 17.6 Å². The largest absolute Gasteiger partial charge is 0.243 e. The van der Waals surface area contributed by atoms with Gasteiger partial charge in [0, 0.05) is 0 Å². The van der Waals surface area contributed by atoms with Gasteiger partial charge in [-0.3, -0.25) is 0 Å². The van der Waals surface area contributed by atoms with Crippen LogP contribution in [0.15, 0.2) is 22.6 Å². The smallest absolute Gasteiger partial charge is 0.164 e. The van der Waals surface area contributed by atoms with Gasteiger partial charge in [0.15, 0.2) is 5.82 Å². The zero-order chi connectivity index (χ0) is 8.39. The number of isothiocyanates is 1. The molecule has 0 saturated carbocycles. The predicted molar refractivity (Wildman–Crippen MR) is 52.1 cm³/mol. The average molecular weight is 193 g/mol. The third-order valence-corrected chi connectivity index (χ3v) is 2.17. The van der Waals surface area contributed by atoms with E-state index in [2.05, 4.69) is 32.3 Å². The monoisotopic (exact) mass is 193 g/mol. The summed E-state index contributed by atoms with van der Waals surface area (Å²) in [5.41, 5.74) is 2.64. The Kier molecular flexibility index (Phi) is 1.91. The number of pyridine rings is 1. The van der Waals surface area contributed by atoms with Gasteiger partial charge in [-0.2, -0.15) is 4.99 Å². The molecule has 2 rings (SSSR count). The van der Waals surface area contributed by atoms with E-state index in [0.29, 0.717) is 5.82 Å². The number of nitrogens with zero attached hydrogens (tertiary/aromatic N) is 3. The Morgan fingerprint density at radius 3 is 3.25 bits per heavy atom. The second-order valence-electron chi connectivity index (χ2n) is 2.05. The molecule has 0 fully saturated rings. The fraction of sp³-hybridized carbons (Fsp3) is 0. The molecule has 2 aromatic heterocycles. The van der Waals surface area contributed by atoms with Gasteiger partial charge in [-0.05, 0) is 24.4 Å². The number of rotatable bonds is 1. The lowest BCUT2D eigenvalue weighted by molar-refractivity contribution is 1.35. The summed E-state index contributed by atoms with van der Waals surface area (Å²) in [6.45, 7) is 0. The standard InChI is InChI=1S/C7H3N3S2/c11-3-8-6-2-1-5-7(10-6)12-4-9-5/h1-2,4H. The highest BCUT2D eigenvalue weighted by molar-refractivity contribution is 7.78. The molecular weight excluding hydrogens is 190 g/mol. The van der Waals surface area contributed by atoms with Gasteiger partial charge in [0.05, 0.1) is 10.7 Å². The first-order valence-corrected chi connectivity index (χ1v) is 4.47. The van der Waals surface area contributed by atoms with Crippen LogP contribution in [0.25, 0.3) is 10.3 Å². The lowest BCUT2D eigenvalue weighted by Gasteiger charge is -1.88. The van der Waals surface area contributed by atoms with E-state index in [1.165, 1.54) is 11.3 Å². The van der Waals surface area contributed by atoms with Gasteiger partial charge in [0.1, 0.15) is 10.3 Å². The number of hydrogen-bond acceptors (Lipinski definition) is 5. The van der Waals surface area contributed by atoms with Crippen molar-refractivity contribution in [1.29, 1.82) is 0 Å². The third-order valence-electron chi connectivity index (χ3n) is 1.34. The van der Waals surface area contributed by atoms with Crippen molar-refractivity contribution in [2.45, 2.75) is 0 Å². The van der Waals surface area contributed by atoms with Gasteiger partial charge in [-0.15, -0.1) is 11.3 Å². The maximum absolute atomic E-state index is 4.47. The summed E-state index contributed by atoms with van der Waals surface area (Å²) in [6.07, 6.45) is 0. The van der Waals surface area contributed by atoms with Crippen molar-refractivity contribution < 1.29 is 0 Å². The van der Waals surface area contributed by atoms with Crippen molar-refractivity contribution in [3.8, 4) is 0 Å². The third kappa shape index (κ3) is 1.25. The summed E-state index contributed by atoms with van der Waals surface area (Å²) in [5, 5.41) is 2.27. The van der Waals surface area contributed by atoms with Gasteiger partial charge < -0.3 is 0 Å². The fourth-order valence-corrected chi connectivity index (χ4v) is 1.60. The molecule has 0 aromatic carbocycles. The van der Waals surface area contributed by atoms with Crippen LogP contribution in [0.5, 0.6) is 0 Å². The van der Waals surface area contributed by atoms with E-state index in [9.17, 15) is 0 Å². The SMILES string of the molecule is S=C=Nc1ccc2ncsc2n1. The van der Waals surface area contributed by atoms with Crippen molar-refractivity contribution in [1.82, 2.24) is 9.97 Å².